The van der Waals surface area contributed by atoms with Gasteiger partial charge in [0.25, 0.3) is 0 Å². The van der Waals surface area contributed by atoms with Crippen molar-refractivity contribution >= 4 is 17.5 Å². The molecule has 4 nitrogen and oxygen atoms in total. The van der Waals surface area contributed by atoms with Gasteiger partial charge in [-0.1, -0.05) is 38.7 Å². The summed E-state index contributed by atoms with van der Waals surface area (Å²) in [4.78, 5) is 26.4. The maximum atomic E-state index is 12.3. The van der Waals surface area contributed by atoms with Crippen LogP contribution < -0.4 is 10.2 Å². The predicted octanol–water partition coefficient (Wildman–Crippen LogP) is 3.74. The van der Waals surface area contributed by atoms with E-state index in [1.165, 1.54) is 19.3 Å². The molecule has 2 amide bonds. The summed E-state index contributed by atoms with van der Waals surface area (Å²) in [6.07, 6.45) is 6.21. The normalized spacial score (nSPS) is 17.4. The number of unbranched alkanes of at least 4 members (excludes halogenated alkanes) is 4. The van der Waals surface area contributed by atoms with Crippen LogP contribution in [0.1, 0.15) is 56.6 Å². The number of amides is 2. The summed E-state index contributed by atoms with van der Waals surface area (Å²) in [5.41, 5.74) is 3.18. The lowest BCUT2D eigenvalue weighted by Crippen LogP contribution is -2.33. The van der Waals surface area contributed by atoms with Crippen LogP contribution in [0.2, 0.25) is 0 Å². The molecule has 1 aromatic rings. The average molecular weight is 330 g/mol. The molecule has 24 heavy (non-hydrogen) atoms. The highest BCUT2D eigenvalue weighted by atomic mass is 16.2. The Balaban J connectivity index is 1.84. The number of anilines is 1. The number of hydrogen-bond acceptors (Lipinski definition) is 2. The van der Waals surface area contributed by atoms with Crippen LogP contribution in [0.25, 0.3) is 0 Å². The van der Waals surface area contributed by atoms with Crippen molar-refractivity contribution in [3.8, 4) is 0 Å². The van der Waals surface area contributed by atoms with Crippen molar-refractivity contribution < 1.29 is 9.59 Å². The zero-order chi connectivity index (χ0) is 17.5. The summed E-state index contributed by atoms with van der Waals surface area (Å²) in [6, 6.07) is 6.12. The second kappa shape index (κ2) is 8.86. The highest BCUT2D eigenvalue weighted by Gasteiger charge is 2.35. The SMILES string of the molecule is CCCCCCCNC(=O)C1CC(=O)N(c2cc(C)cc(C)c2)C1. The van der Waals surface area contributed by atoms with Gasteiger partial charge >= 0.3 is 0 Å². The molecular weight excluding hydrogens is 300 g/mol. The maximum Gasteiger partial charge on any atom is 0.227 e. The minimum absolute atomic E-state index is 0.0192. The highest BCUT2D eigenvalue weighted by Crippen LogP contribution is 2.27. The van der Waals surface area contributed by atoms with Crippen molar-refractivity contribution in [1.29, 1.82) is 0 Å². The van der Waals surface area contributed by atoms with Gasteiger partial charge in [0.1, 0.15) is 0 Å². The smallest absolute Gasteiger partial charge is 0.227 e. The van der Waals surface area contributed by atoms with Gasteiger partial charge in [-0.15, -0.1) is 0 Å². The first kappa shape index (κ1) is 18.5. The molecule has 1 heterocycles. The molecular formula is C20H30N2O2. The lowest BCUT2D eigenvalue weighted by Gasteiger charge is -2.18. The lowest BCUT2D eigenvalue weighted by atomic mass is 10.1. The van der Waals surface area contributed by atoms with Crippen molar-refractivity contribution in [2.45, 2.75) is 59.3 Å². The van der Waals surface area contributed by atoms with E-state index in [1.807, 2.05) is 26.0 Å². The molecule has 1 atom stereocenters. The number of benzene rings is 1. The third-order valence-corrected chi connectivity index (χ3v) is 4.59. The van der Waals surface area contributed by atoms with Gasteiger partial charge < -0.3 is 10.2 Å². The van der Waals surface area contributed by atoms with Crippen molar-refractivity contribution in [2.24, 2.45) is 5.92 Å². The van der Waals surface area contributed by atoms with Crippen LogP contribution in [0.15, 0.2) is 18.2 Å². The van der Waals surface area contributed by atoms with Gasteiger partial charge in [-0.3, -0.25) is 9.59 Å². The van der Waals surface area contributed by atoms with E-state index in [0.29, 0.717) is 13.0 Å². The molecule has 1 aliphatic rings. The Bertz CT molecular complexity index is 563. The number of carbonyl (C=O) groups is 2. The zero-order valence-corrected chi connectivity index (χ0v) is 15.2. The fourth-order valence-electron chi connectivity index (χ4n) is 3.32. The Hall–Kier alpha value is -1.84. The third-order valence-electron chi connectivity index (χ3n) is 4.59. The molecule has 1 saturated heterocycles. The monoisotopic (exact) mass is 330 g/mol. The molecule has 132 valence electrons. The standard InChI is InChI=1S/C20H30N2O2/c1-4-5-6-7-8-9-21-20(24)17-13-19(23)22(14-17)18-11-15(2)10-16(3)12-18/h10-12,17H,4-9,13-14H2,1-3H3,(H,21,24). The first-order chi connectivity index (χ1) is 11.5. The number of nitrogens with zero attached hydrogens (tertiary/aromatic N) is 1. The minimum atomic E-state index is -0.228. The van der Waals surface area contributed by atoms with Crippen molar-refractivity contribution in [1.82, 2.24) is 5.32 Å². The lowest BCUT2D eigenvalue weighted by molar-refractivity contribution is -0.126. The quantitative estimate of drug-likeness (QED) is 0.738. The van der Waals surface area contributed by atoms with Crippen molar-refractivity contribution in [3.63, 3.8) is 0 Å². The number of aryl methyl sites for hydroxylation is 2. The van der Waals surface area contributed by atoms with Crippen LogP contribution >= 0.6 is 0 Å². The molecule has 1 aliphatic heterocycles. The number of hydrogen-bond donors (Lipinski definition) is 1. The maximum absolute atomic E-state index is 12.3. The topological polar surface area (TPSA) is 49.4 Å². The van der Waals surface area contributed by atoms with Crippen molar-refractivity contribution in [3.05, 3.63) is 29.3 Å². The molecule has 1 unspecified atom stereocenters. The van der Waals surface area contributed by atoms with E-state index in [9.17, 15) is 9.59 Å². The molecule has 0 aliphatic carbocycles. The molecule has 2 rings (SSSR count). The fraction of sp³-hybridized carbons (Fsp3) is 0.600. The van der Waals surface area contributed by atoms with E-state index in [0.717, 1.165) is 36.2 Å². The molecule has 0 aromatic heterocycles. The summed E-state index contributed by atoms with van der Waals surface area (Å²) in [5.74, 6) is -0.164. The van der Waals surface area contributed by atoms with Gasteiger partial charge in [-0.05, 0) is 43.5 Å². The third kappa shape index (κ3) is 5.08. The minimum Gasteiger partial charge on any atom is -0.356 e. The average Bonchev–Trinajstić information content (AvgIpc) is 2.91. The summed E-state index contributed by atoms with van der Waals surface area (Å²) < 4.78 is 0. The van der Waals surface area contributed by atoms with E-state index in [2.05, 4.69) is 18.3 Å². The number of carbonyl (C=O) groups excluding carboxylic acids is 2. The van der Waals surface area contributed by atoms with Crippen LogP contribution in [-0.4, -0.2) is 24.9 Å². The molecule has 0 radical (unpaired) electrons. The molecule has 0 bridgehead atoms. The Morgan fingerprint density at radius 2 is 1.79 bits per heavy atom. The van der Waals surface area contributed by atoms with Crippen LogP contribution in [0.4, 0.5) is 5.69 Å². The molecule has 1 N–H and O–H groups in total. The van der Waals surface area contributed by atoms with Gasteiger partial charge in [-0.2, -0.15) is 0 Å². The zero-order valence-electron chi connectivity index (χ0n) is 15.2. The largest absolute Gasteiger partial charge is 0.356 e. The van der Waals surface area contributed by atoms with Crippen molar-refractivity contribution in [2.75, 3.05) is 18.0 Å². The van der Waals surface area contributed by atoms with Crippen LogP contribution in [-0.2, 0) is 9.59 Å². The van der Waals surface area contributed by atoms with E-state index >= 15 is 0 Å². The Morgan fingerprint density at radius 1 is 1.12 bits per heavy atom. The van der Waals surface area contributed by atoms with E-state index in [-0.39, 0.29) is 17.7 Å². The molecule has 4 heteroatoms. The van der Waals surface area contributed by atoms with Crippen LogP contribution in [0.5, 0.6) is 0 Å². The van der Waals surface area contributed by atoms with Crippen LogP contribution in [0, 0.1) is 19.8 Å². The molecule has 1 fully saturated rings. The Morgan fingerprint density at radius 3 is 2.46 bits per heavy atom. The second-order valence-electron chi connectivity index (χ2n) is 6.96. The summed E-state index contributed by atoms with van der Waals surface area (Å²) >= 11 is 0. The summed E-state index contributed by atoms with van der Waals surface area (Å²) in [6.45, 7) is 7.46. The van der Waals surface area contributed by atoms with Crippen LogP contribution in [0.3, 0.4) is 0 Å². The Kier molecular flexibility index (Phi) is 6.83. The summed E-state index contributed by atoms with van der Waals surface area (Å²) in [7, 11) is 0. The van der Waals surface area contributed by atoms with Gasteiger partial charge in [0.2, 0.25) is 11.8 Å². The van der Waals surface area contributed by atoms with Gasteiger partial charge in [0.05, 0.1) is 5.92 Å². The Labute approximate surface area is 145 Å². The molecule has 1 aromatic carbocycles. The van der Waals surface area contributed by atoms with E-state index in [4.69, 9.17) is 0 Å². The highest BCUT2D eigenvalue weighted by molar-refractivity contribution is 6.00. The number of nitrogens with one attached hydrogen (secondary N) is 1. The van der Waals surface area contributed by atoms with Gasteiger partial charge in [0, 0.05) is 25.2 Å². The predicted molar refractivity (Wildman–Crippen MR) is 98.1 cm³/mol. The van der Waals surface area contributed by atoms with Gasteiger partial charge in [0.15, 0.2) is 0 Å². The first-order valence-electron chi connectivity index (χ1n) is 9.17. The first-order valence-corrected chi connectivity index (χ1v) is 9.17. The number of rotatable bonds is 8. The van der Waals surface area contributed by atoms with E-state index < -0.39 is 0 Å². The fourth-order valence-corrected chi connectivity index (χ4v) is 3.32. The van der Waals surface area contributed by atoms with Gasteiger partial charge in [-0.25, -0.2) is 0 Å². The molecule has 0 spiro atoms. The summed E-state index contributed by atoms with van der Waals surface area (Å²) in [5, 5.41) is 3.00. The second-order valence-corrected chi connectivity index (χ2v) is 6.96. The van der Waals surface area contributed by atoms with E-state index in [1.54, 1.807) is 4.90 Å². The molecule has 0 saturated carbocycles.